The Kier molecular flexibility index (Phi) is 10.6. The highest BCUT2D eigenvalue weighted by molar-refractivity contribution is 7.80. The van der Waals surface area contributed by atoms with Crippen LogP contribution in [0.5, 0.6) is 5.75 Å². The first-order chi connectivity index (χ1) is 20.9. The fourth-order valence-corrected chi connectivity index (χ4v) is 7.03. The Balaban J connectivity index is 1.33. The summed E-state index contributed by atoms with van der Waals surface area (Å²) in [5.41, 5.74) is 2.52. The molecule has 1 aromatic carbocycles. The molecule has 2 saturated heterocycles. The van der Waals surface area contributed by atoms with Gasteiger partial charge in [-0.2, -0.15) is 5.10 Å². The van der Waals surface area contributed by atoms with Crippen molar-refractivity contribution in [1.82, 2.24) is 19.7 Å². The molecule has 0 amide bonds. The highest BCUT2D eigenvalue weighted by atomic mass is 32.1. The zero-order valence-corrected chi connectivity index (χ0v) is 29.6. The van der Waals surface area contributed by atoms with E-state index in [-0.39, 0.29) is 17.4 Å². The average Bonchev–Trinajstić information content (AvgIpc) is 3.64. The number of thiol groups is 1. The maximum Gasteiger partial charge on any atom is 0.191 e. The number of nitrogens with zero attached hydrogens (tertiary/aromatic N) is 5. The third-order valence-electron chi connectivity index (χ3n) is 9.11. The van der Waals surface area contributed by atoms with Gasteiger partial charge in [0.15, 0.2) is 14.5 Å². The Hall–Kier alpha value is -2.18. The molecule has 2 aromatic heterocycles. The van der Waals surface area contributed by atoms with Crippen LogP contribution >= 0.6 is 12.6 Å². The van der Waals surface area contributed by atoms with Crippen LogP contribution in [0.1, 0.15) is 78.3 Å². The highest BCUT2D eigenvalue weighted by Gasteiger charge is 2.36. The van der Waals surface area contributed by atoms with Gasteiger partial charge in [-0.1, -0.05) is 20.8 Å². The van der Waals surface area contributed by atoms with Gasteiger partial charge in [0, 0.05) is 38.3 Å². The minimum atomic E-state index is -1.73. The third-order valence-corrected chi connectivity index (χ3v) is 14.1. The first kappa shape index (κ1) is 33.2. The molecule has 0 radical (unpaired) electrons. The van der Waals surface area contributed by atoms with Crippen molar-refractivity contribution in [3.63, 3.8) is 0 Å². The lowest BCUT2D eigenvalue weighted by Crippen LogP contribution is -2.41. The molecule has 2 aliphatic rings. The number of benzene rings is 1. The van der Waals surface area contributed by atoms with E-state index >= 15 is 0 Å². The van der Waals surface area contributed by atoms with Gasteiger partial charge < -0.3 is 23.5 Å². The normalized spacial score (nSPS) is 18.7. The van der Waals surface area contributed by atoms with Crippen molar-refractivity contribution in [2.45, 2.75) is 109 Å². The van der Waals surface area contributed by atoms with Crippen molar-refractivity contribution in [3.05, 3.63) is 24.0 Å². The fourth-order valence-electron chi connectivity index (χ4n) is 5.59. The smallest absolute Gasteiger partial charge is 0.191 e. The molecule has 2 aliphatic heterocycles. The Morgan fingerprint density at radius 2 is 1.84 bits per heavy atom. The molecule has 11 heteroatoms. The van der Waals surface area contributed by atoms with E-state index < -0.39 is 8.32 Å². The van der Waals surface area contributed by atoms with Crippen molar-refractivity contribution in [2.24, 2.45) is 0 Å². The molecule has 9 nitrogen and oxygen atoms in total. The van der Waals surface area contributed by atoms with E-state index in [1.807, 2.05) is 24.6 Å². The molecular weight excluding hydrogens is 591 g/mol. The molecule has 0 bridgehead atoms. The van der Waals surface area contributed by atoms with Crippen molar-refractivity contribution >= 4 is 37.7 Å². The van der Waals surface area contributed by atoms with Crippen LogP contribution < -0.4 is 9.64 Å². The van der Waals surface area contributed by atoms with Crippen molar-refractivity contribution in [2.75, 3.05) is 44.4 Å². The molecule has 1 unspecified atom stereocenters. The van der Waals surface area contributed by atoms with Crippen LogP contribution in [0, 0.1) is 6.92 Å². The number of rotatable bonds is 12. The number of ether oxygens (including phenoxy) is 3. The number of fused-ring (bicyclic) bond motifs is 1. The van der Waals surface area contributed by atoms with Gasteiger partial charge in [0.25, 0.3) is 0 Å². The molecule has 0 saturated carbocycles. The highest BCUT2D eigenvalue weighted by Crippen LogP contribution is 2.39. The summed E-state index contributed by atoms with van der Waals surface area (Å²) in [6.45, 7) is 19.9. The van der Waals surface area contributed by atoms with Gasteiger partial charge in [-0.3, -0.25) is 0 Å². The van der Waals surface area contributed by atoms with Crippen LogP contribution in [0.4, 0.5) is 5.82 Å². The number of aromatic nitrogens is 4. The zero-order chi connectivity index (χ0) is 31.5. The minimum Gasteiger partial charge on any atom is -0.488 e. The molecule has 242 valence electrons. The predicted octanol–water partition coefficient (Wildman–Crippen LogP) is 7.59. The number of anilines is 1. The third kappa shape index (κ3) is 7.61. The van der Waals surface area contributed by atoms with Gasteiger partial charge in [-0.25, -0.2) is 14.6 Å². The van der Waals surface area contributed by atoms with Gasteiger partial charge in [0.1, 0.15) is 34.9 Å². The van der Waals surface area contributed by atoms with E-state index in [1.54, 1.807) is 0 Å². The lowest BCUT2D eigenvalue weighted by atomic mass is 10.1. The second-order valence-electron chi connectivity index (χ2n) is 13.7. The molecule has 0 aliphatic carbocycles. The fraction of sp³-hybridized carbons (Fsp3) is 0.667. The molecule has 5 rings (SSSR count). The molecule has 4 heterocycles. The molecular formula is C33H51N5O4SSi. The molecule has 2 atom stereocenters. The number of aryl methyl sites for hydroxylation is 1. The summed E-state index contributed by atoms with van der Waals surface area (Å²) >= 11 is 4.98. The SMILES string of the molecule is Cc1nc(-c2nn(C3CCCCO3)c3ccc(O[C@@H](C)COCCCO[Si](C)(C)C(C)(C)C)cc23)c(S)c(N2CCCC2)n1. The van der Waals surface area contributed by atoms with Crippen LogP contribution in [0.25, 0.3) is 22.3 Å². The van der Waals surface area contributed by atoms with Gasteiger partial charge >= 0.3 is 0 Å². The van der Waals surface area contributed by atoms with E-state index in [0.29, 0.717) is 19.0 Å². The van der Waals surface area contributed by atoms with Crippen molar-refractivity contribution in [1.29, 1.82) is 0 Å². The second-order valence-corrected chi connectivity index (χ2v) is 19.0. The van der Waals surface area contributed by atoms with Crippen LogP contribution in [-0.2, 0) is 13.9 Å². The standard InChI is InChI=1S/C33H51N5O4SSi/c1-23(22-39-18-12-20-41-44(6,7)33(3,4)5)42-25-14-15-27-26(21-25)29(36-38(27)28-13-8-11-19-40-28)30-31(43)32(35-24(2)34-30)37-16-9-10-17-37/h14-15,21,23,28,43H,8-13,16-20,22H2,1-7H3/t23-,28?/m0/s1. The molecule has 2 fully saturated rings. The van der Waals surface area contributed by atoms with Gasteiger partial charge in [0.2, 0.25) is 0 Å². The molecule has 0 N–H and O–H groups in total. The Morgan fingerprint density at radius 3 is 2.55 bits per heavy atom. The first-order valence-corrected chi connectivity index (χ1v) is 19.7. The van der Waals surface area contributed by atoms with Crippen LogP contribution in [0.2, 0.25) is 18.1 Å². The topological polar surface area (TPSA) is 83.8 Å². The van der Waals surface area contributed by atoms with Crippen LogP contribution in [0.15, 0.2) is 23.1 Å². The molecule has 3 aromatic rings. The van der Waals surface area contributed by atoms with Gasteiger partial charge in [-0.15, -0.1) is 12.6 Å². The maximum absolute atomic E-state index is 6.35. The monoisotopic (exact) mass is 641 g/mol. The van der Waals surface area contributed by atoms with E-state index in [1.165, 1.54) is 0 Å². The molecule has 0 spiro atoms. The first-order valence-electron chi connectivity index (χ1n) is 16.3. The van der Waals surface area contributed by atoms with E-state index in [4.69, 9.17) is 46.3 Å². The average molecular weight is 642 g/mol. The van der Waals surface area contributed by atoms with Crippen molar-refractivity contribution in [3.8, 4) is 17.1 Å². The van der Waals surface area contributed by atoms with Gasteiger partial charge in [0.05, 0.1) is 17.0 Å². The summed E-state index contributed by atoms with van der Waals surface area (Å²) in [5, 5.41) is 6.31. The Labute approximate surface area is 269 Å². The lowest BCUT2D eigenvalue weighted by Gasteiger charge is -2.36. The summed E-state index contributed by atoms with van der Waals surface area (Å²) in [4.78, 5) is 12.7. The number of hydrogen-bond acceptors (Lipinski definition) is 9. The summed E-state index contributed by atoms with van der Waals surface area (Å²) in [7, 11) is -1.73. The van der Waals surface area contributed by atoms with Crippen molar-refractivity contribution < 1.29 is 18.6 Å². The quantitative estimate of drug-likeness (QED) is 0.123. The summed E-state index contributed by atoms with van der Waals surface area (Å²) in [6.07, 6.45) is 6.10. The Morgan fingerprint density at radius 1 is 1.07 bits per heavy atom. The largest absolute Gasteiger partial charge is 0.488 e. The van der Waals surface area contributed by atoms with Crippen LogP contribution in [-0.4, -0.2) is 73.7 Å². The number of hydrogen-bond donors (Lipinski definition) is 1. The van der Waals surface area contributed by atoms with E-state index in [2.05, 4.69) is 50.9 Å². The zero-order valence-electron chi connectivity index (χ0n) is 27.7. The predicted molar refractivity (Wildman–Crippen MR) is 182 cm³/mol. The van der Waals surface area contributed by atoms with E-state index in [9.17, 15) is 0 Å². The van der Waals surface area contributed by atoms with Crippen LogP contribution in [0.3, 0.4) is 0 Å². The second kappa shape index (κ2) is 14.1. The molecule has 44 heavy (non-hydrogen) atoms. The van der Waals surface area contributed by atoms with E-state index in [0.717, 1.165) is 104 Å². The maximum atomic E-state index is 6.35. The summed E-state index contributed by atoms with van der Waals surface area (Å²) < 4.78 is 26.8. The summed E-state index contributed by atoms with van der Waals surface area (Å²) in [6, 6.07) is 6.17. The van der Waals surface area contributed by atoms with Gasteiger partial charge in [-0.05, 0) is 88.7 Å². The summed E-state index contributed by atoms with van der Waals surface area (Å²) in [5.74, 6) is 2.37. The lowest BCUT2D eigenvalue weighted by molar-refractivity contribution is -0.0365. The Bertz CT molecular complexity index is 1410. The minimum absolute atomic E-state index is 0.107.